The average molecular weight is 370 g/mol. The molecule has 3 rings (SSSR count). The van der Waals surface area contributed by atoms with Gasteiger partial charge in [-0.2, -0.15) is 0 Å². The Morgan fingerprint density at radius 1 is 1.22 bits per heavy atom. The van der Waals surface area contributed by atoms with E-state index in [1.54, 1.807) is 6.07 Å². The summed E-state index contributed by atoms with van der Waals surface area (Å²) in [6.45, 7) is 2.50. The van der Waals surface area contributed by atoms with Crippen LogP contribution < -0.4 is 10.6 Å². The SMILES string of the molecule is CNCCC1CCN(C(=O)CNC(=O)c2cc(-c3ccccc3)on2)CC1. The molecule has 2 N–H and O–H groups in total. The van der Waals surface area contributed by atoms with Crippen molar-refractivity contribution in [3.8, 4) is 11.3 Å². The number of rotatable bonds is 7. The Labute approximate surface area is 159 Å². The molecule has 0 atom stereocenters. The van der Waals surface area contributed by atoms with Crippen molar-refractivity contribution in [2.24, 2.45) is 5.92 Å². The van der Waals surface area contributed by atoms with Crippen LogP contribution in [0.15, 0.2) is 40.9 Å². The Balaban J connectivity index is 1.45. The summed E-state index contributed by atoms with van der Waals surface area (Å²) >= 11 is 0. The van der Waals surface area contributed by atoms with E-state index < -0.39 is 5.91 Å². The van der Waals surface area contributed by atoms with Crippen LogP contribution in [-0.2, 0) is 4.79 Å². The molecule has 1 aromatic carbocycles. The Bertz CT molecular complexity index is 752. The van der Waals surface area contributed by atoms with Crippen LogP contribution in [0.25, 0.3) is 11.3 Å². The third kappa shape index (κ3) is 5.17. The van der Waals surface area contributed by atoms with Crippen LogP contribution in [0.1, 0.15) is 29.8 Å². The van der Waals surface area contributed by atoms with Crippen molar-refractivity contribution in [2.75, 3.05) is 33.2 Å². The second kappa shape index (κ2) is 9.32. The maximum atomic E-state index is 12.3. The first-order valence-corrected chi connectivity index (χ1v) is 9.40. The van der Waals surface area contributed by atoms with Gasteiger partial charge >= 0.3 is 0 Å². The summed E-state index contributed by atoms with van der Waals surface area (Å²) in [5, 5.41) is 9.62. The van der Waals surface area contributed by atoms with E-state index in [2.05, 4.69) is 15.8 Å². The summed E-state index contributed by atoms with van der Waals surface area (Å²) < 4.78 is 5.23. The maximum Gasteiger partial charge on any atom is 0.273 e. The van der Waals surface area contributed by atoms with Gasteiger partial charge in [0.1, 0.15) is 0 Å². The topological polar surface area (TPSA) is 87.5 Å². The van der Waals surface area contributed by atoms with Gasteiger partial charge in [0.25, 0.3) is 5.91 Å². The largest absolute Gasteiger partial charge is 0.355 e. The van der Waals surface area contributed by atoms with Crippen LogP contribution >= 0.6 is 0 Å². The quantitative estimate of drug-likeness (QED) is 0.777. The molecule has 144 valence electrons. The molecule has 0 bridgehead atoms. The summed E-state index contributed by atoms with van der Waals surface area (Å²) in [7, 11) is 1.96. The number of carbonyl (C=O) groups is 2. The standard InChI is InChI=1S/C20H26N4O3/c1-21-10-7-15-8-11-24(12-9-15)19(25)14-22-20(26)17-13-18(27-23-17)16-5-3-2-4-6-16/h2-6,13,15,21H,7-12,14H2,1H3,(H,22,26). The fourth-order valence-corrected chi connectivity index (χ4v) is 3.30. The molecule has 0 unspecified atom stereocenters. The summed E-state index contributed by atoms with van der Waals surface area (Å²) in [5.41, 5.74) is 1.02. The number of nitrogens with one attached hydrogen (secondary N) is 2. The van der Waals surface area contributed by atoms with E-state index in [-0.39, 0.29) is 18.1 Å². The van der Waals surface area contributed by atoms with E-state index in [0.717, 1.165) is 44.5 Å². The van der Waals surface area contributed by atoms with E-state index in [1.807, 2.05) is 42.3 Å². The first-order valence-electron chi connectivity index (χ1n) is 9.40. The fraction of sp³-hybridized carbons (Fsp3) is 0.450. The lowest BCUT2D eigenvalue weighted by atomic mass is 9.93. The molecule has 2 amide bonds. The minimum Gasteiger partial charge on any atom is -0.355 e. The highest BCUT2D eigenvalue weighted by molar-refractivity contribution is 5.95. The van der Waals surface area contributed by atoms with Gasteiger partial charge in [0, 0.05) is 24.7 Å². The monoisotopic (exact) mass is 370 g/mol. The molecule has 1 aliphatic rings. The number of nitrogens with zero attached hydrogens (tertiary/aromatic N) is 2. The molecule has 1 aromatic heterocycles. The van der Waals surface area contributed by atoms with Gasteiger partial charge in [0.2, 0.25) is 5.91 Å². The summed E-state index contributed by atoms with van der Waals surface area (Å²) in [4.78, 5) is 26.4. The molecule has 0 radical (unpaired) electrons. The van der Waals surface area contributed by atoms with E-state index in [9.17, 15) is 9.59 Å². The van der Waals surface area contributed by atoms with Gasteiger partial charge in [-0.05, 0) is 38.8 Å². The smallest absolute Gasteiger partial charge is 0.273 e. The van der Waals surface area contributed by atoms with Gasteiger partial charge in [-0.25, -0.2) is 0 Å². The van der Waals surface area contributed by atoms with Gasteiger partial charge in [0.05, 0.1) is 6.54 Å². The minimum absolute atomic E-state index is 0.0203. The Hall–Kier alpha value is -2.67. The normalized spacial score (nSPS) is 14.9. The highest BCUT2D eigenvalue weighted by Crippen LogP contribution is 2.21. The van der Waals surface area contributed by atoms with Crippen molar-refractivity contribution >= 4 is 11.8 Å². The zero-order valence-corrected chi connectivity index (χ0v) is 15.6. The first-order chi connectivity index (χ1) is 13.2. The molecule has 27 heavy (non-hydrogen) atoms. The molecule has 0 spiro atoms. The summed E-state index contributed by atoms with van der Waals surface area (Å²) in [6.07, 6.45) is 3.18. The lowest BCUT2D eigenvalue weighted by Gasteiger charge is -2.32. The molecule has 2 heterocycles. The molecule has 0 aliphatic carbocycles. The van der Waals surface area contributed by atoms with Crippen molar-refractivity contribution in [1.29, 1.82) is 0 Å². The second-order valence-corrected chi connectivity index (χ2v) is 6.84. The molecule has 2 aromatic rings. The Morgan fingerprint density at radius 3 is 2.67 bits per heavy atom. The van der Waals surface area contributed by atoms with Gasteiger partial charge in [0.15, 0.2) is 11.5 Å². The third-order valence-corrected chi connectivity index (χ3v) is 4.97. The zero-order chi connectivity index (χ0) is 19.1. The van der Waals surface area contributed by atoms with Crippen molar-refractivity contribution < 1.29 is 14.1 Å². The van der Waals surface area contributed by atoms with E-state index >= 15 is 0 Å². The number of amides is 2. The number of piperidine rings is 1. The van der Waals surface area contributed by atoms with Crippen LogP contribution in [0.4, 0.5) is 0 Å². The lowest BCUT2D eigenvalue weighted by molar-refractivity contribution is -0.131. The first kappa shape index (κ1) is 19.1. The Morgan fingerprint density at radius 2 is 1.96 bits per heavy atom. The van der Waals surface area contributed by atoms with Crippen LogP contribution in [-0.4, -0.2) is 55.1 Å². The molecule has 0 saturated carbocycles. The van der Waals surface area contributed by atoms with Crippen LogP contribution in [0.3, 0.4) is 0 Å². The molecule has 7 heteroatoms. The molecule has 1 aliphatic heterocycles. The number of hydrogen-bond acceptors (Lipinski definition) is 5. The highest BCUT2D eigenvalue weighted by atomic mass is 16.5. The predicted molar refractivity (Wildman–Crippen MR) is 102 cm³/mol. The van der Waals surface area contributed by atoms with Crippen LogP contribution in [0, 0.1) is 5.92 Å². The zero-order valence-electron chi connectivity index (χ0n) is 15.6. The molecular formula is C20H26N4O3. The van der Waals surface area contributed by atoms with Gasteiger partial charge in [-0.3, -0.25) is 9.59 Å². The summed E-state index contributed by atoms with van der Waals surface area (Å²) in [5.74, 6) is 0.735. The maximum absolute atomic E-state index is 12.3. The predicted octanol–water partition coefficient (Wildman–Crippen LogP) is 1.92. The van der Waals surface area contributed by atoms with Crippen LogP contribution in [0.5, 0.6) is 0 Å². The van der Waals surface area contributed by atoms with E-state index in [1.165, 1.54) is 0 Å². The number of likely N-dealkylation sites (tertiary alicyclic amines) is 1. The minimum atomic E-state index is -0.404. The summed E-state index contributed by atoms with van der Waals surface area (Å²) in [6, 6.07) is 11.0. The molecule has 1 saturated heterocycles. The van der Waals surface area contributed by atoms with Gasteiger partial charge in [-0.1, -0.05) is 35.5 Å². The number of hydrogen-bond donors (Lipinski definition) is 2. The lowest BCUT2D eigenvalue weighted by Crippen LogP contribution is -2.44. The van der Waals surface area contributed by atoms with Crippen molar-refractivity contribution in [2.45, 2.75) is 19.3 Å². The molecule has 1 fully saturated rings. The molecule has 7 nitrogen and oxygen atoms in total. The van der Waals surface area contributed by atoms with Crippen molar-refractivity contribution in [3.63, 3.8) is 0 Å². The fourth-order valence-electron chi connectivity index (χ4n) is 3.30. The van der Waals surface area contributed by atoms with Crippen LogP contribution in [0.2, 0.25) is 0 Å². The highest BCUT2D eigenvalue weighted by Gasteiger charge is 2.23. The van der Waals surface area contributed by atoms with Gasteiger partial charge in [-0.15, -0.1) is 0 Å². The number of carbonyl (C=O) groups excluding carboxylic acids is 2. The van der Waals surface area contributed by atoms with Crippen molar-refractivity contribution in [1.82, 2.24) is 20.7 Å². The molecular weight excluding hydrogens is 344 g/mol. The number of benzene rings is 1. The van der Waals surface area contributed by atoms with Gasteiger partial charge < -0.3 is 20.1 Å². The van der Waals surface area contributed by atoms with Crippen molar-refractivity contribution in [3.05, 3.63) is 42.1 Å². The van der Waals surface area contributed by atoms with E-state index in [0.29, 0.717) is 11.7 Å². The number of aromatic nitrogens is 1. The third-order valence-electron chi connectivity index (χ3n) is 4.97. The van der Waals surface area contributed by atoms with E-state index in [4.69, 9.17) is 4.52 Å². The second-order valence-electron chi connectivity index (χ2n) is 6.84. The Kier molecular flexibility index (Phi) is 6.59. The average Bonchev–Trinajstić information content (AvgIpc) is 3.21.